The third-order valence-corrected chi connectivity index (χ3v) is 2.51. The van der Waals surface area contributed by atoms with E-state index in [0.29, 0.717) is 4.32 Å². The first-order valence-corrected chi connectivity index (χ1v) is 5.01. The normalized spacial score (nSPS) is 9.75. The molecule has 0 fully saturated rings. The molecule has 64 valence electrons. The highest BCUT2D eigenvalue weighted by Gasteiger charge is 1.95. The van der Waals surface area contributed by atoms with Crippen molar-refractivity contribution in [2.45, 2.75) is 18.2 Å². The molecule has 0 bridgehead atoms. The average molecular weight is 197 g/mol. The van der Waals surface area contributed by atoms with Gasteiger partial charge in [-0.15, -0.1) is 0 Å². The monoisotopic (exact) mass is 197 g/mol. The van der Waals surface area contributed by atoms with E-state index in [1.165, 1.54) is 17.3 Å². The lowest BCUT2D eigenvalue weighted by molar-refractivity contribution is 1.13. The molecular formula is C9H11NS2. The molecule has 0 unspecified atom stereocenters. The van der Waals surface area contributed by atoms with E-state index in [1.807, 2.05) is 12.1 Å². The van der Waals surface area contributed by atoms with Crippen LogP contribution in [0.15, 0.2) is 29.2 Å². The Balaban J connectivity index is 2.71. The van der Waals surface area contributed by atoms with Crippen LogP contribution in [0.25, 0.3) is 0 Å². The molecule has 0 amide bonds. The molecule has 3 heteroatoms. The summed E-state index contributed by atoms with van der Waals surface area (Å²) in [6.45, 7) is 2.13. The van der Waals surface area contributed by atoms with Gasteiger partial charge in [-0.05, 0) is 24.1 Å². The fourth-order valence-corrected chi connectivity index (χ4v) is 1.70. The number of aryl methyl sites for hydroxylation is 1. The molecule has 1 aromatic carbocycles. The number of rotatable bonds is 2. The molecule has 0 aromatic heterocycles. The first-order valence-electron chi connectivity index (χ1n) is 3.78. The second-order valence-corrected chi connectivity index (χ2v) is 4.23. The van der Waals surface area contributed by atoms with Gasteiger partial charge in [-0.3, -0.25) is 0 Å². The molecule has 0 spiro atoms. The van der Waals surface area contributed by atoms with Crippen LogP contribution in [0.4, 0.5) is 0 Å². The average Bonchev–Trinajstić information content (AvgIpc) is 2.05. The molecular weight excluding hydrogens is 186 g/mol. The van der Waals surface area contributed by atoms with Gasteiger partial charge in [0.25, 0.3) is 0 Å². The largest absolute Gasteiger partial charge is 0.384 e. The highest BCUT2D eigenvalue weighted by Crippen LogP contribution is 2.18. The summed E-state index contributed by atoms with van der Waals surface area (Å²) in [6, 6.07) is 8.28. The Morgan fingerprint density at radius 1 is 1.42 bits per heavy atom. The molecule has 0 saturated carbocycles. The van der Waals surface area contributed by atoms with Gasteiger partial charge in [0, 0.05) is 4.90 Å². The molecule has 12 heavy (non-hydrogen) atoms. The zero-order valence-electron chi connectivity index (χ0n) is 6.91. The predicted molar refractivity (Wildman–Crippen MR) is 58.5 cm³/mol. The molecule has 0 aliphatic carbocycles. The second kappa shape index (κ2) is 4.48. The van der Waals surface area contributed by atoms with Crippen LogP contribution in [-0.4, -0.2) is 4.32 Å². The van der Waals surface area contributed by atoms with Crippen molar-refractivity contribution in [3.63, 3.8) is 0 Å². The van der Waals surface area contributed by atoms with Crippen molar-refractivity contribution in [1.82, 2.24) is 0 Å². The molecule has 1 rings (SSSR count). The highest BCUT2D eigenvalue weighted by molar-refractivity contribution is 8.22. The van der Waals surface area contributed by atoms with Crippen LogP contribution >= 0.6 is 24.0 Å². The van der Waals surface area contributed by atoms with Crippen molar-refractivity contribution in [1.29, 1.82) is 0 Å². The van der Waals surface area contributed by atoms with Crippen LogP contribution in [0.5, 0.6) is 0 Å². The maximum atomic E-state index is 5.39. The number of hydrogen-bond donors (Lipinski definition) is 1. The second-order valence-electron chi connectivity index (χ2n) is 2.42. The van der Waals surface area contributed by atoms with Gasteiger partial charge in [-0.25, -0.2) is 0 Å². The van der Waals surface area contributed by atoms with Gasteiger partial charge in [-0.2, -0.15) is 0 Å². The van der Waals surface area contributed by atoms with E-state index in [0.717, 1.165) is 11.3 Å². The van der Waals surface area contributed by atoms with Gasteiger partial charge < -0.3 is 5.73 Å². The van der Waals surface area contributed by atoms with Crippen LogP contribution in [0, 0.1) is 0 Å². The summed E-state index contributed by atoms with van der Waals surface area (Å²) in [5.41, 5.74) is 6.72. The van der Waals surface area contributed by atoms with Gasteiger partial charge in [0.1, 0.15) is 4.32 Å². The Morgan fingerprint density at radius 2 is 2.00 bits per heavy atom. The van der Waals surface area contributed by atoms with Crippen molar-refractivity contribution >= 4 is 28.3 Å². The van der Waals surface area contributed by atoms with Crippen LogP contribution < -0.4 is 5.73 Å². The molecule has 1 aromatic rings. The van der Waals surface area contributed by atoms with Crippen molar-refractivity contribution in [2.24, 2.45) is 5.73 Å². The summed E-state index contributed by atoms with van der Waals surface area (Å²) in [5.74, 6) is 0. The Hall–Kier alpha value is -0.540. The third kappa shape index (κ3) is 2.83. The smallest absolute Gasteiger partial charge is 0.135 e. The molecule has 0 atom stereocenters. The van der Waals surface area contributed by atoms with Gasteiger partial charge in [0.2, 0.25) is 0 Å². The van der Waals surface area contributed by atoms with E-state index in [1.54, 1.807) is 0 Å². The summed E-state index contributed by atoms with van der Waals surface area (Å²) in [7, 11) is 0. The summed E-state index contributed by atoms with van der Waals surface area (Å²) < 4.78 is 0.472. The summed E-state index contributed by atoms with van der Waals surface area (Å²) in [4.78, 5) is 1.11. The quantitative estimate of drug-likeness (QED) is 0.583. The fraction of sp³-hybridized carbons (Fsp3) is 0.222. The maximum absolute atomic E-state index is 5.39. The van der Waals surface area contributed by atoms with E-state index in [4.69, 9.17) is 18.0 Å². The number of hydrogen-bond acceptors (Lipinski definition) is 2. The SMILES string of the molecule is CCc1ccc(SC(N)=S)cc1. The first-order chi connectivity index (χ1) is 5.72. The molecule has 0 aliphatic heterocycles. The van der Waals surface area contributed by atoms with E-state index in [-0.39, 0.29) is 0 Å². The van der Waals surface area contributed by atoms with Crippen molar-refractivity contribution in [2.75, 3.05) is 0 Å². The minimum absolute atomic E-state index is 0.472. The minimum Gasteiger partial charge on any atom is -0.384 e. The van der Waals surface area contributed by atoms with Crippen molar-refractivity contribution in [3.05, 3.63) is 29.8 Å². The number of thiocarbonyl (C=S) groups is 1. The number of nitrogens with two attached hydrogens (primary N) is 1. The fourth-order valence-electron chi connectivity index (χ4n) is 0.909. The number of benzene rings is 1. The van der Waals surface area contributed by atoms with E-state index in [9.17, 15) is 0 Å². The summed E-state index contributed by atoms with van der Waals surface area (Å²) in [5, 5.41) is 0. The summed E-state index contributed by atoms with van der Waals surface area (Å²) in [6.07, 6.45) is 1.07. The zero-order valence-corrected chi connectivity index (χ0v) is 8.54. The van der Waals surface area contributed by atoms with Gasteiger partial charge in [0.15, 0.2) is 0 Å². The number of thioether (sulfide) groups is 1. The lowest BCUT2D eigenvalue weighted by Gasteiger charge is -1.99. The van der Waals surface area contributed by atoms with Crippen LogP contribution in [0.3, 0.4) is 0 Å². The molecule has 0 heterocycles. The van der Waals surface area contributed by atoms with Crippen molar-refractivity contribution in [3.8, 4) is 0 Å². The lowest BCUT2D eigenvalue weighted by Crippen LogP contribution is -2.00. The maximum Gasteiger partial charge on any atom is 0.135 e. The van der Waals surface area contributed by atoms with Crippen molar-refractivity contribution < 1.29 is 0 Å². The van der Waals surface area contributed by atoms with Gasteiger partial charge in [-0.1, -0.05) is 43.0 Å². The van der Waals surface area contributed by atoms with Crippen LogP contribution in [0.1, 0.15) is 12.5 Å². The zero-order chi connectivity index (χ0) is 8.97. The lowest BCUT2D eigenvalue weighted by atomic mass is 10.2. The molecule has 2 N–H and O–H groups in total. The molecule has 0 radical (unpaired) electrons. The highest BCUT2D eigenvalue weighted by atomic mass is 32.2. The van der Waals surface area contributed by atoms with Crippen LogP contribution in [-0.2, 0) is 6.42 Å². The Bertz CT molecular complexity index is 266. The van der Waals surface area contributed by atoms with E-state index in [2.05, 4.69) is 19.1 Å². The molecule has 1 nitrogen and oxygen atoms in total. The Morgan fingerprint density at radius 3 is 2.42 bits per heavy atom. The first kappa shape index (κ1) is 9.55. The summed E-state index contributed by atoms with van der Waals surface area (Å²) >= 11 is 6.21. The van der Waals surface area contributed by atoms with E-state index >= 15 is 0 Å². The van der Waals surface area contributed by atoms with E-state index < -0.39 is 0 Å². The molecule has 0 aliphatic rings. The predicted octanol–water partition coefficient (Wildman–Crippen LogP) is 2.58. The Labute approximate surface area is 82.3 Å². The topological polar surface area (TPSA) is 26.0 Å². The van der Waals surface area contributed by atoms with Gasteiger partial charge in [0.05, 0.1) is 0 Å². The minimum atomic E-state index is 0.472. The Kier molecular flexibility index (Phi) is 3.56. The molecule has 0 saturated heterocycles. The standard InChI is InChI=1S/C9H11NS2/c1-2-7-3-5-8(6-4-7)12-9(10)11/h3-6H,2H2,1H3,(H2,10,11). The third-order valence-electron chi connectivity index (χ3n) is 1.55. The van der Waals surface area contributed by atoms with Gasteiger partial charge >= 0.3 is 0 Å². The van der Waals surface area contributed by atoms with Crippen LogP contribution in [0.2, 0.25) is 0 Å².